The van der Waals surface area contributed by atoms with Crippen molar-refractivity contribution in [2.75, 3.05) is 46.3 Å². The number of halogens is 1. The summed E-state index contributed by atoms with van der Waals surface area (Å²) in [6.45, 7) is 3.06. The van der Waals surface area contributed by atoms with Crippen molar-refractivity contribution in [1.29, 1.82) is 0 Å². The summed E-state index contributed by atoms with van der Waals surface area (Å²) in [5, 5.41) is 0. The predicted octanol–water partition coefficient (Wildman–Crippen LogP) is 1.45. The molecule has 1 aromatic carbocycles. The second-order valence-corrected chi connectivity index (χ2v) is 4.48. The molecule has 0 aromatic heterocycles. The van der Waals surface area contributed by atoms with Gasteiger partial charge in [0.2, 0.25) is 0 Å². The van der Waals surface area contributed by atoms with Crippen LogP contribution in [0, 0.1) is 12.7 Å². The van der Waals surface area contributed by atoms with Gasteiger partial charge in [0.1, 0.15) is 5.82 Å². The van der Waals surface area contributed by atoms with E-state index in [0.717, 1.165) is 0 Å². The normalized spacial score (nSPS) is 10.6. The molecule has 0 heterocycles. The fourth-order valence-corrected chi connectivity index (χ4v) is 1.84. The van der Waals surface area contributed by atoms with Gasteiger partial charge in [0.05, 0.1) is 18.8 Å². The van der Waals surface area contributed by atoms with E-state index in [2.05, 4.69) is 0 Å². The quantitative estimate of drug-likeness (QED) is 0.770. The lowest BCUT2D eigenvalue weighted by Gasteiger charge is -2.22. The summed E-state index contributed by atoms with van der Waals surface area (Å²) in [5.41, 5.74) is 6.38. The summed E-state index contributed by atoms with van der Waals surface area (Å²) >= 11 is 0. The fraction of sp³-hybridized carbons (Fsp3) is 0.500. The van der Waals surface area contributed by atoms with Gasteiger partial charge < -0.3 is 20.1 Å². The van der Waals surface area contributed by atoms with Crippen molar-refractivity contribution in [3.05, 3.63) is 29.1 Å². The average molecular weight is 284 g/mol. The van der Waals surface area contributed by atoms with Crippen LogP contribution in [-0.2, 0) is 9.47 Å². The van der Waals surface area contributed by atoms with Gasteiger partial charge in [-0.05, 0) is 24.6 Å². The van der Waals surface area contributed by atoms with Crippen molar-refractivity contribution in [3.63, 3.8) is 0 Å². The molecular weight excluding hydrogens is 263 g/mol. The first-order valence-corrected chi connectivity index (χ1v) is 6.34. The Balaban J connectivity index is 2.98. The molecule has 1 amide bonds. The van der Waals surface area contributed by atoms with Crippen LogP contribution in [0.1, 0.15) is 15.9 Å². The highest BCUT2D eigenvalue weighted by molar-refractivity contribution is 5.95. The van der Waals surface area contributed by atoms with E-state index < -0.39 is 11.7 Å². The lowest BCUT2D eigenvalue weighted by atomic mass is 10.1. The number of rotatable bonds is 7. The standard InChI is InChI=1S/C14H21FN2O3/c1-10-8-11(16)9-12(13(10)15)14(18)17(4-6-19-2)5-7-20-3/h8-9H,4-7,16H2,1-3H3. The molecule has 0 spiro atoms. The van der Waals surface area contributed by atoms with Gasteiger partial charge >= 0.3 is 0 Å². The van der Waals surface area contributed by atoms with Crippen molar-refractivity contribution in [2.45, 2.75) is 6.92 Å². The lowest BCUT2D eigenvalue weighted by molar-refractivity contribution is 0.0623. The van der Waals surface area contributed by atoms with Crippen LogP contribution in [0.15, 0.2) is 12.1 Å². The first kappa shape index (κ1) is 16.4. The molecule has 0 aliphatic rings. The number of nitrogen functional groups attached to an aromatic ring is 1. The molecule has 0 unspecified atom stereocenters. The van der Waals surface area contributed by atoms with Gasteiger partial charge in [-0.3, -0.25) is 4.79 Å². The molecule has 0 aliphatic heterocycles. The minimum absolute atomic E-state index is 0.0188. The zero-order valence-electron chi connectivity index (χ0n) is 12.1. The number of anilines is 1. The van der Waals surface area contributed by atoms with E-state index in [4.69, 9.17) is 15.2 Å². The molecule has 0 bridgehead atoms. The summed E-state index contributed by atoms with van der Waals surface area (Å²) in [7, 11) is 3.09. The van der Waals surface area contributed by atoms with E-state index in [0.29, 0.717) is 37.6 Å². The van der Waals surface area contributed by atoms with Crippen molar-refractivity contribution in [1.82, 2.24) is 4.90 Å². The third kappa shape index (κ3) is 4.18. The van der Waals surface area contributed by atoms with Crippen LogP contribution in [0.5, 0.6) is 0 Å². The van der Waals surface area contributed by atoms with E-state index in [-0.39, 0.29) is 5.56 Å². The Labute approximate surface area is 118 Å². The smallest absolute Gasteiger partial charge is 0.257 e. The van der Waals surface area contributed by atoms with Gasteiger partial charge in [0, 0.05) is 33.0 Å². The van der Waals surface area contributed by atoms with Crippen molar-refractivity contribution < 1.29 is 18.7 Å². The number of methoxy groups -OCH3 is 2. The summed E-state index contributed by atoms with van der Waals surface area (Å²) in [6.07, 6.45) is 0. The van der Waals surface area contributed by atoms with Crippen LogP contribution < -0.4 is 5.73 Å². The zero-order chi connectivity index (χ0) is 15.1. The molecular formula is C14H21FN2O3. The molecule has 0 saturated heterocycles. The third-order valence-corrected chi connectivity index (χ3v) is 2.93. The highest BCUT2D eigenvalue weighted by Crippen LogP contribution is 2.18. The van der Waals surface area contributed by atoms with Crippen molar-refractivity contribution in [2.24, 2.45) is 0 Å². The topological polar surface area (TPSA) is 64.8 Å². The predicted molar refractivity (Wildman–Crippen MR) is 75.2 cm³/mol. The number of carbonyl (C=O) groups excluding carboxylic acids is 1. The minimum atomic E-state index is -0.538. The molecule has 2 N–H and O–H groups in total. The van der Waals surface area contributed by atoms with Crippen molar-refractivity contribution in [3.8, 4) is 0 Å². The van der Waals surface area contributed by atoms with Gasteiger partial charge in [-0.1, -0.05) is 0 Å². The van der Waals surface area contributed by atoms with Gasteiger partial charge in [-0.25, -0.2) is 4.39 Å². The highest BCUT2D eigenvalue weighted by Gasteiger charge is 2.20. The van der Waals surface area contributed by atoms with Crippen LogP contribution in [0.4, 0.5) is 10.1 Å². The molecule has 5 nitrogen and oxygen atoms in total. The van der Waals surface area contributed by atoms with E-state index >= 15 is 0 Å². The first-order valence-electron chi connectivity index (χ1n) is 6.34. The molecule has 0 saturated carbocycles. The third-order valence-electron chi connectivity index (χ3n) is 2.93. The number of carbonyl (C=O) groups is 1. The van der Waals surface area contributed by atoms with E-state index in [1.165, 1.54) is 17.0 Å². The minimum Gasteiger partial charge on any atom is -0.399 e. The lowest BCUT2D eigenvalue weighted by Crippen LogP contribution is -2.37. The Morgan fingerprint density at radius 2 is 1.80 bits per heavy atom. The Hall–Kier alpha value is -1.66. The van der Waals surface area contributed by atoms with Crippen molar-refractivity contribution >= 4 is 11.6 Å². The number of ether oxygens (including phenoxy) is 2. The molecule has 0 aliphatic carbocycles. The number of hydrogen-bond donors (Lipinski definition) is 1. The van der Waals surface area contributed by atoms with E-state index in [9.17, 15) is 9.18 Å². The van der Waals surface area contributed by atoms with Gasteiger partial charge in [0.25, 0.3) is 5.91 Å². The number of aryl methyl sites for hydroxylation is 1. The van der Waals surface area contributed by atoms with E-state index in [1.807, 2.05) is 0 Å². The second kappa shape index (κ2) is 7.81. The van der Waals surface area contributed by atoms with Gasteiger partial charge in [-0.2, -0.15) is 0 Å². The number of nitrogens with zero attached hydrogens (tertiary/aromatic N) is 1. The SMILES string of the molecule is COCCN(CCOC)C(=O)c1cc(N)cc(C)c1F. The van der Waals surface area contributed by atoms with Gasteiger partial charge in [-0.15, -0.1) is 0 Å². The molecule has 1 rings (SSSR count). The Morgan fingerprint density at radius 1 is 1.25 bits per heavy atom. The summed E-state index contributed by atoms with van der Waals surface area (Å²) in [6, 6.07) is 2.86. The molecule has 1 aromatic rings. The van der Waals surface area contributed by atoms with Gasteiger partial charge in [0.15, 0.2) is 0 Å². The summed E-state index contributed by atoms with van der Waals surface area (Å²) in [5.74, 6) is -0.948. The average Bonchev–Trinajstić information content (AvgIpc) is 2.42. The molecule has 112 valence electrons. The largest absolute Gasteiger partial charge is 0.399 e. The van der Waals surface area contributed by atoms with Crippen LogP contribution in [0.25, 0.3) is 0 Å². The second-order valence-electron chi connectivity index (χ2n) is 4.48. The Morgan fingerprint density at radius 3 is 2.30 bits per heavy atom. The fourth-order valence-electron chi connectivity index (χ4n) is 1.84. The number of hydrogen-bond acceptors (Lipinski definition) is 4. The number of amides is 1. The van der Waals surface area contributed by atoms with Crippen LogP contribution in [-0.4, -0.2) is 51.3 Å². The Bertz CT molecular complexity index is 458. The highest BCUT2D eigenvalue weighted by atomic mass is 19.1. The maximum atomic E-state index is 14.1. The van der Waals surface area contributed by atoms with E-state index in [1.54, 1.807) is 21.1 Å². The molecule has 0 atom stereocenters. The number of benzene rings is 1. The van der Waals surface area contributed by atoms with Crippen LogP contribution in [0.2, 0.25) is 0 Å². The maximum Gasteiger partial charge on any atom is 0.257 e. The molecule has 6 heteroatoms. The summed E-state index contributed by atoms with van der Waals surface area (Å²) in [4.78, 5) is 13.9. The first-order chi connectivity index (χ1) is 9.51. The van der Waals surface area contributed by atoms with Crippen LogP contribution >= 0.6 is 0 Å². The summed E-state index contributed by atoms with van der Waals surface area (Å²) < 4.78 is 24.0. The molecule has 0 fully saturated rings. The monoisotopic (exact) mass is 284 g/mol. The molecule has 0 radical (unpaired) electrons. The number of nitrogens with two attached hydrogens (primary N) is 1. The molecule has 20 heavy (non-hydrogen) atoms. The van der Waals surface area contributed by atoms with Crippen LogP contribution in [0.3, 0.4) is 0 Å². The maximum absolute atomic E-state index is 14.1. The zero-order valence-corrected chi connectivity index (χ0v) is 12.1. The Kier molecular flexibility index (Phi) is 6.41.